The van der Waals surface area contributed by atoms with Gasteiger partial charge in [0.05, 0.1) is 4.90 Å². The van der Waals surface area contributed by atoms with Crippen molar-refractivity contribution in [2.24, 2.45) is 0 Å². The predicted octanol–water partition coefficient (Wildman–Crippen LogP) is 2.80. The van der Waals surface area contributed by atoms with E-state index < -0.39 is 10.0 Å². The monoisotopic (exact) mass is 372 g/mol. The average molecular weight is 372 g/mol. The molecule has 3 rings (SSSR count). The number of hydrogen-bond acceptors (Lipinski definition) is 6. The molecule has 8 nitrogen and oxygen atoms in total. The molecule has 2 aromatic carbocycles. The number of rotatable bonds is 5. The van der Waals surface area contributed by atoms with Crippen molar-refractivity contribution in [3.05, 3.63) is 54.4 Å². The van der Waals surface area contributed by atoms with Crippen LogP contribution in [0, 0.1) is 6.92 Å². The number of sulfonamides is 1. The zero-order chi connectivity index (χ0) is 18.7. The summed E-state index contributed by atoms with van der Waals surface area (Å²) >= 11 is 0. The number of amides is 1. The largest absolute Gasteiger partial charge is 0.339 e. The van der Waals surface area contributed by atoms with Crippen LogP contribution in [0.4, 0.5) is 11.4 Å². The molecule has 0 fully saturated rings. The van der Waals surface area contributed by atoms with E-state index in [2.05, 4.69) is 20.2 Å². The van der Waals surface area contributed by atoms with Gasteiger partial charge in [-0.2, -0.15) is 4.98 Å². The van der Waals surface area contributed by atoms with Crippen molar-refractivity contribution < 1.29 is 17.7 Å². The van der Waals surface area contributed by atoms with E-state index in [1.165, 1.54) is 19.1 Å². The van der Waals surface area contributed by atoms with Gasteiger partial charge in [-0.3, -0.25) is 9.52 Å². The van der Waals surface area contributed by atoms with E-state index in [1.807, 2.05) is 0 Å². The van der Waals surface area contributed by atoms with Crippen LogP contribution in [0.15, 0.2) is 57.9 Å². The summed E-state index contributed by atoms with van der Waals surface area (Å²) in [7, 11) is -3.80. The molecule has 0 atom stereocenters. The minimum absolute atomic E-state index is 0.0726. The first-order valence-corrected chi connectivity index (χ1v) is 9.13. The highest BCUT2D eigenvalue weighted by atomic mass is 32.2. The Morgan fingerprint density at radius 2 is 1.77 bits per heavy atom. The Balaban J connectivity index is 1.83. The van der Waals surface area contributed by atoms with Crippen LogP contribution in [-0.2, 0) is 14.8 Å². The molecule has 0 spiro atoms. The number of anilines is 2. The van der Waals surface area contributed by atoms with Crippen LogP contribution in [-0.4, -0.2) is 24.5 Å². The Morgan fingerprint density at radius 3 is 2.38 bits per heavy atom. The summed E-state index contributed by atoms with van der Waals surface area (Å²) < 4.78 is 32.6. The molecule has 2 N–H and O–H groups in total. The Labute approximate surface area is 150 Å². The smallest absolute Gasteiger partial charge is 0.261 e. The zero-order valence-corrected chi connectivity index (χ0v) is 14.9. The first kappa shape index (κ1) is 17.6. The number of aromatic nitrogens is 2. The van der Waals surface area contributed by atoms with E-state index in [4.69, 9.17) is 4.52 Å². The predicted molar refractivity (Wildman–Crippen MR) is 96.0 cm³/mol. The topological polar surface area (TPSA) is 114 Å². The molecule has 0 unspecified atom stereocenters. The van der Waals surface area contributed by atoms with Crippen molar-refractivity contribution in [2.45, 2.75) is 18.7 Å². The quantitative estimate of drug-likeness (QED) is 0.712. The second-order valence-corrected chi connectivity index (χ2v) is 7.21. The average Bonchev–Trinajstić information content (AvgIpc) is 3.03. The highest BCUT2D eigenvalue weighted by molar-refractivity contribution is 7.92. The number of aryl methyl sites for hydroxylation is 1. The highest BCUT2D eigenvalue weighted by Gasteiger charge is 2.16. The van der Waals surface area contributed by atoms with Crippen LogP contribution in [0.3, 0.4) is 0 Å². The molecule has 0 saturated carbocycles. The third-order valence-corrected chi connectivity index (χ3v) is 4.77. The normalized spacial score (nSPS) is 11.2. The Hall–Kier alpha value is -3.20. The van der Waals surface area contributed by atoms with E-state index in [1.54, 1.807) is 43.3 Å². The summed E-state index contributed by atoms with van der Waals surface area (Å²) in [4.78, 5) is 15.2. The molecule has 0 aliphatic heterocycles. The lowest BCUT2D eigenvalue weighted by molar-refractivity contribution is -0.114. The van der Waals surface area contributed by atoms with E-state index in [-0.39, 0.29) is 10.8 Å². The molecule has 1 amide bonds. The fourth-order valence-electron chi connectivity index (χ4n) is 2.26. The summed E-state index contributed by atoms with van der Waals surface area (Å²) in [5.41, 5.74) is 1.49. The molecule has 1 aromatic heterocycles. The van der Waals surface area contributed by atoms with E-state index >= 15 is 0 Å². The fraction of sp³-hybridized carbons (Fsp3) is 0.118. The molecule has 0 saturated heterocycles. The number of carbonyl (C=O) groups is 1. The van der Waals surface area contributed by atoms with Gasteiger partial charge >= 0.3 is 0 Å². The van der Waals surface area contributed by atoms with Crippen molar-refractivity contribution >= 4 is 27.3 Å². The molecule has 0 bridgehead atoms. The number of carbonyl (C=O) groups excluding carboxylic acids is 1. The zero-order valence-electron chi connectivity index (χ0n) is 14.1. The van der Waals surface area contributed by atoms with Crippen molar-refractivity contribution in [3.63, 3.8) is 0 Å². The van der Waals surface area contributed by atoms with Gasteiger partial charge in [-0.25, -0.2) is 8.42 Å². The Kier molecular flexibility index (Phi) is 4.72. The fourth-order valence-corrected chi connectivity index (χ4v) is 3.36. The highest BCUT2D eigenvalue weighted by Crippen LogP contribution is 2.22. The number of benzene rings is 2. The summed E-state index contributed by atoms with van der Waals surface area (Å²) in [5.74, 6) is 0.511. The van der Waals surface area contributed by atoms with E-state index in [0.29, 0.717) is 28.7 Å². The summed E-state index contributed by atoms with van der Waals surface area (Å²) in [5, 5.41) is 6.41. The van der Waals surface area contributed by atoms with Crippen LogP contribution in [0.5, 0.6) is 0 Å². The van der Waals surface area contributed by atoms with Gasteiger partial charge in [0, 0.05) is 30.8 Å². The molecule has 0 aliphatic rings. The van der Waals surface area contributed by atoms with Gasteiger partial charge < -0.3 is 9.84 Å². The van der Waals surface area contributed by atoms with Gasteiger partial charge in [0.2, 0.25) is 17.6 Å². The van der Waals surface area contributed by atoms with Crippen molar-refractivity contribution in [3.8, 4) is 11.4 Å². The number of hydrogen-bond donors (Lipinski definition) is 2. The molecule has 26 heavy (non-hydrogen) atoms. The van der Waals surface area contributed by atoms with Gasteiger partial charge in [0.15, 0.2) is 0 Å². The molecular weight excluding hydrogens is 356 g/mol. The van der Waals surface area contributed by atoms with Gasteiger partial charge in [-0.05, 0) is 36.4 Å². The SMILES string of the molecule is CC(=O)Nc1ccc(NS(=O)(=O)c2cccc(-c3noc(C)n3)c2)cc1. The second kappa shape index (κ2) is 6.96. The minimum Gasteiger partial charge on any atom is -0.339 e. The molecule has 0 radical (unpaired) electrons. The van der Waals surface area contributed by atoms with Gasteiger partial charge in [-0.1, -0.05) is 17.3 Å². The van der Waals surface area contributed by atoms with Crippen molar-refractivity contribution in [1.82, 2.24) is 10.1 Å². The molecule has 0 aliphatic carbocycles. The van der Waals surface area contributed by atoms with Gasteiger partial charge in [0.1, 0.15) is 0 Å². The maximum absolute atomic E-state index is 12.6. The van der Waals surface area contributed by atoms with Crippen molar-refractivity contribution in [2.75, 3.05) is 10.0 Å². The summed E-state index contributed by atoms with van der Waals surface area (Å²) in [6, 6.07) is 12.6. The molecule has 134 valence electrons. The lowest BCUT2D eigenvalue weighted by Crippen LogP contribution is -2.13. The van der Waals surface area contributed by atoms with E-state index in [9.17, 15) is 13.2 Å². The third kappa shape index (κ3) is 4.06. The van der Waals surface area contributed by atoms with Gasteiger partial charge in [0.25, 0.3) is 10.0 Å². The van der Waals surface area contributed by atoms with Crippen LogP contribution < -0.4 is 10.0 Å². The van der Waals surface area contributed by atoms with Crippen LogP contribution in [0.1, 0.15) is 12.8 Å². The minimum atomic E-state index is -3.80. The van der Waals surface area contributed by atoms with Crippen LogP contribution >= 0.6 is 0 Å². The standard InChI is InChI=1S/C17H16N4O4S/c1-11(22)18-14-6-8-15(9-7-14)21-26(23,24)16-5-3-4-13(10-16)17-19-12(2)25-20-17/h3-10,21H,1-2H3,(H,18,22). The van der Waals surface area contributed by atoms with Crippen LogP contribution in [0.25, 0.3) is 11.4 Å². The maximum atomic E-state index is 12.6. The summed E-state index contributed by atoms with van der Waals surface area (Å²) in [6.07, 6.45) is 0. The van der Waals surface area contributed by atoms with Crippen molar-refractivity contribution in [1.29, 1.82) is 0 Å². The molecule has 9 heteroatoms. The Bertz CT molecular complexity index is 1040. The lowest BCUT2D eigenvalue weighted by atomic mass is 10.2. The van der Waals surface area contributed by atoms with Gasteiger partial charge in [-0.15, -0.1) is 0 Å². The molecular formula is C17H16N4O4S. The first-order chi connectivity index (χ1) is 12.3. The Morgan fingerprint density at radius 1 is 1.08 bits per heavy atom. The van der Waals surface area contributed by atoms with Crippen LogP contribution in [0.2, 0.25) is 0 Å². The van der Waals surface area contributed by atoms with E-state index in [0.717, 1.165) is 0 Å². The number of nitrogens with zero attached hydrogens (tertiary/aromatic N) is 2. The lowest BCUT2D eigenvalue weighted by Gasteiger charge is -2.09. The molecule has 1 heterocycles. The summed E-state index contributed by atoms with van der Waals surface area (Å²) in [6.45, 7) is 3.05. The second-order valence-electron chi connectivity index (χ2n) is 5.53. The molecule has 3 aromatic rings. The number of nitrogens with one attached hydrogen (secondary N) is 2. The first-order valence-electron chi connectivity index (χ1n) is 7.65. The maximum Gasteiger partial charge on any atom is 0.261 e. The third-order valence-electron chi connectivity index (χ3n) is 3.39.